The minimum atomic E-state index is -0.786. The zero-order valence-corrected chi connectivity index (χ0v) is 12.1. The topological polar surface area (TPSA) is 49.8 Å². The molecule has 1 rings (SSSR count). The van der Waals surface area contributed by atoms with Crippen LogP contribution in [0.5, 0.6) is 0 Å². The Labute approximate surface area is 115 Å². The lowest BCUT2D eigenvalue weighted by Crippen LogP contribution is -2.39. The van der Waals surface area contributed by atoms with Crippen LogP contribution in [0.25, 0.3) is 0 Å². The van der Waals surface area contributed by atoms with Crippen LogP contribution in [0.4, 0.5) is 0 Å². The molecule has 1 aromatic carbocycles. The number of carbonyl (C=O) groups excluding carboxylic acids is 1. The number of rotatable bonds is 6. The summed E-state index contributed by atoms with van der Waals surface area (Å²) in [4.78, 5) is 13.8. The van der Waals surface area contributed by atoms with E-state index in [4.69, 9.17) is 4.74 Å². The van der Waals surface area contributed by atoms with Gasteiger partial charge in [0.15, 0.2) is 0 Å². The van der Waals surface area contributed by atoms with Crippen molar-refractivity contribution in [3.8, 4) is 0 Å². The summed E-state index contributed by atoms with van der Waals surface area (Å²) in [6.45, 7) is 4.51. The number of esters is 1. The molecule has 0 aromatic heterocycles. The normalized spacial score (nSPS) is 13.4. The van der Waals surface area contributed by atoms with E-state index in [0.717, 1.165) is 5.56 Å². The van der Waals surface area contributed by atoms with Crippen LogP contribution < -0.4 is 0 Å². The zero-order chi connectivity index (χ0) is 14.5. The Hall–Kier alpha value is -1.39. The zero-order valence-electron chi connectivity index (χ0n) is 12.1. The van der Waals surface area contributed by atoms with Gasteiger partial charge in [0.05, 0.1) is 18.6 Å². The molecule has 0 aliphatic rings. The Morgan fingerprint density at radius 2 is 1.95 bits per heavy atom. The average molecular weight is 265 g/mol. The molecule has 106 valence electrons. The third kappa shape index (κ3) is 5.41. The Morgan fingerprint density at radius 3 is 2.42 bits per heavy atom. The first-order valence-electron chi connectivity index (χ1n) is 6.37. The molecule has 0 radical (unpaired) electrons. The van der Waals surface area contributed by atoms with E-state index in [1.165, 1.54) is 7.11 Å². The van der Waals surface area contributed by atoms with Gasteiger partial charge in [-0.3, -0.25) is 4.79 Å². The summed E-state index contributed by atoms with van der Waals surface area (Å²) in [5, 5.41) is 9.81. The maximum Gasteiger partial charge on any atom is 0.314 e. The molecule has 1 aromatic rings. The number of nitrogens with zero attached hydrogens (tertiary/aromatic N) is 1. The second kappa shape index (κ2) is 6.68. The van der Waals surface area contributed by atoms with Gasteiger partial charge in [0, 0.05) is 13.1 Å². The third-order valence-corrected chi connectivity index (χ3v) is 2.84. The van der Waals surface area contributed by atoms with Crippen molar-refractivity contribution in [1.29, 1.82) is 0 Å². The van der Waals surface area contributed by atoms with Crippen LogP contribution in [0, 0.1) is 0 Å². The molecule has 0 heterocycles. The van der Waals surface area contributed by atoms with E-state index in [-0.39, 0.29) is 11.9 Å². The van der Waals surface area contributed by atoms with Crippen molar-refractivity contribution in [2.45, 2.75) is 25.4 Å². The minimum Gasteiger partial charge on any atom is -0.469 e. The van der Waals surface area contributed by atoms with Gasteiger partial charge in [-0.25, -0.2) is 0 Å². The Kier molecular flexibility index (Phi) is 5.51. The minimum absolute atomic E-state index is 0.256. The number of methoxy groups -OCH3 is 1. The lowest BCUT2D eigenvalue weighted by atomic mass is 9.98. The molecule has 0 amide bonds. The summed E-state index contributed by atoms with van der Waals surface area (Å²) in [5.74, 6) is -0.590. The highest BCUT2D eigenvalue weighted by Crippen LogP contribution is 2.19. The fraction of sp³-hybridized carbons (Fsp3) is 0.533. The fourth-order valence-electron chi connectivity index (χ4n) is 2.18. The van der Waals surface area contributed by atoms with E-state index in [2.05, 4.69) is 0 Å². The molecule has 0 saturated heterocycles. The Bertz CT molecular complexity index is 398. The molecule has 0 aliphatic carbocycles. The lowest BCUT2D eigenvalue weighted by Gasteiger charge is -2.28. The van der Waals surface area contributed by atoms with Crippen LogP contribution in [0.2, 0.25) is 0 Å². The smallest absolute Gasteiger partial charge is 0.314 e. The molecule has 1 N–H and O–H groups in total. The van der Waals surface area contributed by atoms with Crippen LogP contribution in [-0.4, -0.2) is 48.8 Å². The van der Waals surface area contributed by atoms with E-state index in [0.29, 0.717) is 13.1 Å². The highest BCUT2D eigenvalue weighted by molar-refractivity contribution is 5.78. The number of benzene rings is 1. The van der Waals surface area contributed by atoms with Crippen molar-refractivity contribution < 1.29 is 14.6 Å². The van der Waals surface area contributed by atoms with Crippen LogP contribution in [0.15, 0.2) is 30.3 Å². The second-order valence-corrected chi connectivity index (χ2v) is 5.50. The van der Waals surface area contributed by atoms with Gasteiger partial charge in [-0.1, -0.05) is 30.3 Å². The molecule has 1 unspecified atom stereocenters. The average Bonchev–Trinajstić information content (AvgIpc) is 2.34. The second-order valence-electron chi connectivity index (χ2n) is 5.50. The lowest BCUT2D eigenvalue weighted by molar-refractivity contribution is -0.143. The molecular weight excluding hydrogens is 242 g/mol. The molecule has 0 bridgehead atoms. The van der Waals surface area contributed by atoms with Crippen LogP contribution in [-0.2, 0) is 9.53 Å². The number of ether oxygens (including phenoxy) is 1. The molecule has 4 nitrogen and oxygen atoms in total. The summed E-state index contributed by atoms with van der Waals surface area (Å²) in [7, 11) is 3.28. The molecule has 0 fully saturated rings. The molecule has 0 spiro atoms. The largest absolute Gasteiger partial charge is 0.469 e. The first kappa shape index (κ1) is 15.7. The molecule has 1 atom stereocenters. The summed E-state index contributed by atoms with van der Waals surface area (Å²) in [6, 6.07) is 9.56. The van der Waals surface area contributed by atoms with Gasteiger partial charge in [-0.05, 0) is 26.5 Å². The van der Waals surface area contributed by atoms with Crippen LogP contribution in [0.1, 0.15) is 25.3 Å². The van der Waals surface area contributed by atoms with Crippen molar-refractivity contribution in [1.82, 2.24) is 4.90 Å². The number of aliphatic hydroxyl groups is 1. The predicted molar refractivity (Wildman–Crippen MR) is 75.0 cm³/mol. The van der Waals surface area contributed by atoms with Gasteiger partial charge >= 0.3 is 5.97 Å². The maximum absolute atomic E-state index is 11.9. The van der Waals surface area contributed by atoms with Gasteiger partial charge in [0.1, 0.15) is 0 Å². The molecule has 0 saturated carbocycles. The predicted octanol–water partition coefficient (Wildman–Crippen LogP) is 1.65. The van der Waals surface area contributed by atoms with E-state index < -0.39 is 5.60 Å². The molecule has 4 heteroatoms. The number of carbonyl (C=O) groups is 1. The van der Waals surface area contributed by atoms with Crippen molar-refractivity contribution >= 4 is 5.97 Å². The van der Waals surface area contributed by atoms with Crippen molar-refractivity contribution in [2.75, 3.05) is 27.2 Å². The Balaban J connectivity index is 2.79. The van der Waals surface area contributed by atoms with Crippen molar-refractivity contribution in [2.24, 2.45) is 0 Å². The first-order valence-corrected chi connectivity index (χ1v) is 6.37. The van der Waals surface area contributed by atoms with E-state index in [1.807, 2.05) is 42.3 Å². The van der Waals surface area contributed by atoms with Crippen LogP contribution in [0.3, 0.4) is 0 Å². The molecule has 0 aliphatic heterocycles. The highest BCUT2D eigenvalue weighted by atomic mass is 16.5. The highest BCUT2D eigenvalue weighted by Gasteiger charge is 2.25. The summed E-state index contributed by atoms with van der Waals surface area (Å²) in [5.41, 5.74) is 0.142. The summed E-state index contributed by atoms with van der Waals surface area (Å²) < 4.78 is 4.87. The van der Waals surface area contributed by atoms with E-state index >= 15 is 0 Å². The number of likely N-dealkylation sites (N-methyl/N-ethyl adjacent to an activating group) is 1. The van der Waals surface area contributed by atoms with Gasteiger partial charge in [0.25, 0.3) is 0 Å². The third-order valence-electron chi connectivity index (χ3n) is 2.84. The summed E-state index contributed by atoms with van der Waals surface area (Å²) in [6.07, 6.45) is 0. The quantitative estimate of drug-likeness (QED) is 0.795. The number of hydrogen-bond donors (Lipinski definition) is 1. The molecular formula is C15H23NO3. The maximum atomic E-state index is 11.9. The van der Waals surface area contributed by atoms with E-state index in [1.54, 1.807) is 13.8 Å². The summed E-state index contributed by atoms with van der Waals surface area (Å²) >= 11 is 0. The standard InChI is InChI=1S/C15H23NO3/c1-15(2,18)11-16(3)10-13(14(17)19-4)12-8-6-5-7-9-12/h5-9,13,18H,10-11H2,1-4H3. The first-order chi connectivity index (χ1) is 8.83. The van der Waals surface area contributed by atoms with Crippen molar-refractivity contribution in [3.05, 3.63) is 35.9 Å². The Morgan fingerprint density at radius 1 is 1.37 bits per heavy atom. The van der Waals surface area contributed by atoms with Crippen LogP contribution >= 0.6 is 0 Å². The SMILES string of the molecule is COC(=O)C(CN(C)CC(C)(C)O)c1ccccc1. The van der Waals surface area contributed by atoms with Gasteiger partial charge < -0.3 is 14.7 Å². The van der Waals surface area contributed by atoms with E-state index in [9.17, 15) is 9.90 Å². The van der Waals surface area contributed by atoms with Gasteiger partial charge in [-0.2, -0.15) is 0 Å². The molecule has 19 heavy (non-hydrogen) atoms. The fourth-order valence-corrected chi connectivity index (χ4v) is 2.18. The monoisotopic (exact) mass is 265 g/mol. The van der Waals surface area contributed by atoms with Crippen molar-refractivity contribution in [3.63, 3.8) is 0 Å². The number of hydrogen-bond acceptors (Lipinski definition) is 4. The van der Waals surface area contributed by atoms with Gasteiger partial charge in [-0.15, -0.1) is 0 Å². The van der Waals surface area contributed by atoms with Gasteiger partial charge in [0.2, 0.25) is 0 Å².